The number of benzene rings is 1. The van der Waals surface area contributed by atoms with Crippen molar-refractivity contribution in [3.63, 3.8) is 0 Å². The summed E-state index contributed by atoms with van der Waals surface area (Å²) in [6, 6.07) is 4.18. The number of aromatic carboxylic acids is 1. The van der Waals surface area contributed by atoms with Crippen LogP contribution in [0.3, 0.4) is 0 Å². The number of methoxy groups -OCH3 is 1. The average molecular weight is 265 g/mol. The Morgan fingerprint density at radius 3 is 2.37 bits per heavy atom. The number of amides is 1. The van der Waals surface area contributed by atoms with E-state index in [0.717, 1.165) is 7.11 Å². The highest BCUT2D eigenvalue weighted by molar-refractivity contribution is 6.09. The predicted molar refractivity (Wildman–Crippen MR) is 68.2 cm³/mol. The molecule has 0 atom stereocenters. The van der Waals surface area contributed by atoms with Gasteiger partial charge in [-0.25, -0.2) is 9.59 Å². The molecule has 0 bridgehead atoms. The molecule has 0 fully saturated rings. The minimum absolute atomic E-state index is 0.130. The summed E-state index contributed by atoms with van der Waals surface area (Å²) >= 11 is 0. The summed E-state index contributed by atoms with van der Waals surface area (Å²) in [6.07, 6.45) is 0. The SMILES string of the molecule is COC(=O)c1c(NC(=O)C(C)C)cccc1C(=O)O. The Balaban J connectivity index is 3.31. The molecule has 6 nitrogen and oxygen atoms in total. The number of hydrogen-bond acceptors (Lipinski definition) is 4. The van der Waals surface area contributed by atoms with Gasteiger partial charge in [0.25, 0.3) is 0 Å². The van der Waals surface area contributed by atoms with Gasteiger partial charge < -0.3 is 15.2 Å². The number of rotatable bonds is 4. The number of carbonyl (C=O) groups is 3. The highest BCUT2D eigenvalue weighted by Crippen LogP contribution is 2.22. The topological polar surface area (TPSA) is 92.7 Å². The molecule has 1 aromatic carbocycles. The van der Waals surface area contributed by atoms with Crippen LogP contribution in [0.2, 0.25) is 0 Å². The number of carboxylic acid groups (broad SMARTS) is 1. The fraction of sp³-hybridized carbons (Fsp3) is 0.308. The summed E-state index contributed by atoms with van der Waals surface area (Å²) in [5.41, 5.74) is -0.245. The number of ether oxygens (including phenoxy) is 1. The summed E-state index contributed by atoms with van der Waals surface area (Å²) in [5, 5.41) is 11.6. The molecule has 6 heteroatoms. The monoisotopic (exact) mass is 265 g/mol. The zero-order valence-electron chi connectivity index (χ0n) is 10.9. The van der Waals surface area contributed by atoms with E-state index in [0.29, 0.717) is 0 Å². The Morgan fingerprint density at radius 1 is 1.26 bits per heavy atom. The van der Waals surface area contributed by atoms with Crippen LogP contribution in [0.1, 0.15) is 34.6 Å². The van der Waals surface area contributed by atoms with Crippen molar-refractivity contribution >= 4 is 23.5 Å². The minimum atomic E-state index is -1.26. The molecular weight excluding hydrogens is 250 g/mol. The van der Waals surface area contributed by atoms with Gasteiger partial charge in [0.05, 0.1) is 23.9 Å². The Hall–Kier alpha value is -2.37. The first-order valence-corrected chi connectivity index (χ1v) is 5.64. The van der Waals surface area contributed by atoms with Crippen molar-refractivity contribution in [3.8, 4) is 0 Å². The zero-order chi connectivity index (χ0) is 14.6. The smallest absolute Gasteiger partial charge is 0.340 e. The quantitative estimate of drug-likeness (QED) is 0.809. The second-order valence-corrected chi connectivity index (χ2v) is 4.17. The molecule has 0 radical (unpaired) electrons. The van der Waals surface area contributed by atoms with Gasteiger partial charge in [-0.05, 0) is 12.1 Å². The van der Waals surface area contributed by atoms with Crippen LogP contribution in [0.5, 0.6) is 0 Å². The van der Waals surface area contributed by atoms with Crippen LogP contribution in [0, 0.1) is 5.92 Å². The van der Waals surface area contributed by atoms with Gasteiger partial charge in [-0.1, -0.05) is 19.9 Å². The minimum Gasteiger partial charge on any atom is -0.478 e. The lowest BCUT2D eigenvalue weighted by Crippen LogP contribution is -2.21. The lowest BCUT2D eigenvalue weighted by atomic mass is 10.0. The van der Waals surface area contributed by atoms with Crippen molar-refractivity contribution in [1.82, 2.24) is 0 Å². The van der Waals surface area contributed by atoms with Crippen LogP contribution in [-0.2, 0) is 9.53 Å². The van der Waals surface area contributed by atoms with Crippen LogP contribution in [-0.4, -0.2) is 30.1 Å². The van der Waals surface area contributed by atoms with E-state index in [1.807, 2.05) is 0 Å². The molecule has 1 rings (SSSR count). The van der Waals surface area contributed by atoms with Crippen molar-refractivity contribution < 1.29 is 24.2 Å². The van der Waals surface area contributed by atoms with Crippen molar-refractivity contribution in [2.75, 3.05) is 12.4 Å². The number of anilines is 1. The van der Waals surface area contributed by atoms with E-state index in [9.17, 15) is 14.4 Å². The lowest BCUT2D eigenvalue weighted by molar-refractivity contribution is -0.118. The summed E-state index contributed by atoms with van der Waals surface area (Å²) in [5.74, 6) is -2.68. The molecular formula is C13H15NO5. The third-order valence-corrected chi connectivity index (χ3v) is 2.47. The van der Waals surface area contributed by atoms with Gasteiger partial charge in [-0.3, -0.25) is 4.79 Å². The van der Waals surface area contributed by atoms with Crippen molar-refractivity contribution in [3.05, 3.63) is 29.3 Å². The second kappa shape index (κ2) is 5.99. The molecule has 0 aliphatic rings. The molecule has 0 saturated carbocycles. The Kier molecular flexibility index (Phi) is 4.63. The Labute approximate surface area is 110 Å². The third kappa shape index (κ3) is 3.31. The molecule has 0 aliphatic carbocycles. The van der Waals surface area contributed by atoms with Crippen LogP contribution in [0.25, 0.3) is 0 Å². The van der Waals surface area contributed by atoms with E-state index in [2.05, 4.69) is 10.1 Å². The molecule has 19 heavy (non-hydrogen) atoms. The van der Waals surface area contributed by atoms with Crippen molar-refractivity contribution in [2.45, 2.75) is 13.8 Å². The standard InChI is InChI=1S/C13H15NO5/c1-7(2)11(15)14-9-6-4-5-8(12(16)17)10(9)13(18)19-3/h4-7H,1-3H3,(H,14,15)(H,16,17). The summed E-state index contributed by atoms with van der Waals surface area (Å²) in [7, 11) is 1.15. The molecule has 0 saturated heterocycles. The number of carboxylic acids is 1. The van der Waals surface area contributed by atoms with Crippen molar-refractivity contribution in [2.24, 2.45) is 5.92 Å². The fourth-order valence-corrected chi connectivity index (χ4v) is 1.43. The maximum atomic E-state index is 11.7. The zero-order valence-corrected chi connectivity index (χ0v) is 10.9. The van der Waals surface area contributed by atoms with Gasteiger partial charge in [0, 0.05) is 5.92 Å². The summed E-state index contributed by atoms with van der Waals surface area (Å²) in [4.78, 5) is 34.4. The van der Waals surface area contributed by atoms with Gasteiger partial charge in [-0.15, -0.1) is 0 Å². The number of nitrogens with one attached hydrogen (secondary N) is 1. The first-order chi connectivity index (χ1) is 8.88. The average Bonchev–Trinajstić information content (AvgIpc) is 2.37. The molecule has 1 amide bonds. The lowest BCUT2D eigenvalue weighted by Gasteiger charge is -2.13. The normalized spacial score (nSPS) is 10.1. The van der Waals surface area contributed by atoms with Crippen LogP contribution < -0.4 is 5.32 Å². The molecule has 2 N–H and O–H groups in total. The van der Waals surface area contributed by atoms with E-state index in [4.69, 9.17) is 5.11 Å². The van der Waals surface area contributed by atoms with Crippen LogP contribution in [0.4, 0.5) is 5.69 Å². The van der Waals surface area contributed by atoms with E-state index < -0.39 is 11.9 Å². The van der Waals surface area contributed by atoms with Gasteiger partial charge in [0.15, 0.2) is 0 Å². The molecule has 0 aromatic heterocycles. The number of hydrogen-bond donors (Lipinski definition) is 2. The molecule has 0 aliphatic heterocycles. The van der Waals surface area contributed by atoms with E-state index in [-0.39, 0.29) is 28.6 Å². The predicted octanol–water partition coefficient (Wildman–Crippen LogP) is 1.77. The van der Waals surface area contributed by atoms with Gasteiger partial charge in [-0.2, -0.15) is 0 Å². The van der Waals surface area contributed by atoms with E-state index >= 15 is 0 Å². The van der Waals surface area contributed by atoms with Crippen molar-refractivity contribution in [1.29, 1.82) is 0 Å². The van der Waals surface area contributed by atoms with Gasteiger partial charge in [0.1, 0.15) is 0 Å². The molecule has 102 valence electrons. The third-order valence-electron chi connectivity index (χ3n) is 2.47. The van der Waals surface area contributed by atoms with E-state index in [1.54, 1.807) is 13.8 Å². The number of esters is 1. The summed E-state index contributed by atoms with van der Waals surface area (Å²) < 4.78 is 4.56. The maximum absolute atomic E-state index is 11.7. The molecule has 1 aromatic rings. The molecule has 0 unspecified atom stereocenters. The number of carbonyl (C=O) groups excluding carboxylic acids is 2. The molecule has 0 spiro atoms. The first-order valence-electron chi connectivity index (χ1n) is 5.64. The Morgan fingerprint density at radius 2 is 1.89 bits per heavy atom. The van der Waals surface area contributed by atoms with Gasteiger partial charge >= 0.3 is 11.9 Å². The fourth-order valence-electron chi connectivity index (χ4n) is 1.43. The first kappa shape index (κ1) is 14.7. The van der Waals surface area contributed by atoms with Crippen LogP contribution in [0.15, 0.2) is 18.2 Å². The van der Waals surface area contributed by atoms with Crippen LogP contribution >= 0.6 is 0 Å². The highest BCUT2D eigenvalue weighted by Gasteiger charge is 2.22. The largest absolute Gasteiger partial charge is 0.478 e. The summed E-state index contributed by atoms with van der Waals surface area (Å²) in [6.45, 7) is 3.38. The Bertz CT molecular complexity index is 522. The highest BCUT2D eigenvalue weighted by atomic mass is 16.5. The van der Waals surface area contributed by atoms with Gasteiger partial charge in [0.2, 0.25) is 5.91 Å². The maximum Gasteiger partial charge on any atom is 0.340 e. The second-order valence-electron chi connectivity index (χ2n) is 4.17. The van der Waals surface area contributed by atoms with E-state index in [1.165, 1.54) is 18.2 Å². The molecule has 0 heterocycles.